The van der Waals surface area contributed by atoms with Gasteiger partial charge in [-0.3, -0.25) is 4.79 Å². The van der Waals surface area contributed by atoms with Crippen molar-refractivity contribution in [3.05, 3.63) is 76.4 Å². The minimum Gasteiger partial charge on any atom is -0.497 e. The number of methoxy groups -OCH3 is 2. The van der Waals surface area contributed by atoms with Gasteiger partial charge in [-0.1, -0.05) is 50.0 Å². The number of hydrogen-bond acceptors (Lipinski definition) is 6. The first-order chi connectivity index (χ1) is 18.4. The fourth-order valence-corrected chi connectivity index (χ4v) is 6.90. The van der Waals surface area contributed by atoms with Crippen molar-refractivity contribution in [2.24, 2.45) is 11.3 Å². The highest BCUT2D eigenvalue weighted by atomic mass is 28.3. The van der Waals surface area contributed by atoms with Gasteiger partial charge < -0.3 is 24.4 Å². The van der Waals surface area contributed by atoms with Crippen molar-refractivity contribution >= 4 is 20.1 Å². The van der Waals surface area contributed by atoms with Crippen LogP contribution in [0.4, 0.5) is 0 Å². The van der Waals surface area contributed by atoms with E-state index >= 15 is 0 Å². The van der Waals surface area contributed by atoms with Gasteiger partial charge in [-0.15, -0.1) is 0 Å². The van der Waals surface area contributed by atoms with Crippen molar-refractivity contribution in [3.63, 3.8) is 0 Å². The Labute approximate surface area is 233 Å². The molecule has 0 radical (unpaired) electrons. The Balaban J connectivity index is 1.86. The fraction of sp³-hybridized carbons (Fsp3) is 0.469. The molecule has 2 aromatic carbocycles. The van der Waals surface area contributed by atoms with Crippen LogP contribution in [0.25, 0.3) is 6.08 Å². The van der Waals surface area contributed by atoms with Gasteiger partial charge in [0.25, 0.3) is 0 Å². The molecule has 2 bridgehead atoms. The van der Waals surface area contributed by atoms with Crippen LogP contribution in [-0.4, -0.2) is 57.3 Å². The van der Waals surface area contributed by atoms with Crippen molar-refractivity contribution in [3.8, 4) is 11.5 Å². The number of hydrogen-bond donors (Lipinski definition) is 2. The molecule has 6 nitrogen and oxygen atoms in total. The SMILES string of the molecule is COc1ccc(/C=C/C2=C(C)C(O)C3CC(c4cc(C)cc(OC)c4)C2(C(=O)OCC[Si](C)(C)C)C3O)cc1. The lowest BCUT2D eigenvalue weighted by atomic mass is 9.63. The molecule has 4 rings (SSSR count). The summed E-state index contributed by atoms with van der Waals surface area (Å²) in [5, 5.41) is 23.2. The van der Waals surface area contributed by atoms with Gasteiger partial charge in [0.15, 0.2) is 0 Å². The average Bonchev–Trinajstić information content (AvgIpc) is 3.15. The summed E-state index contributed by atoms with van der Waals surface area (Å²) in [6, 6.07) is 14.4. The molecule has 1 fully saturated rings. The van der Waals surface area contributed by atoms with Gasteiger partial charge in [-0.05, 0) is 78.4 Å². The Morgan fingerprint density at radius 1 is 1.00 bits per heavy atom. The first-order valence-electron chi connectivity index (χ1n) is 13.6. The average molecular weight is 551 g/mol. The Bertz CT molecular complexity index is 1260. The molecule has 5 atom stereocenters. The van der Waals surface area contributed by atoms with E-state index in [2.05, 4.69) is 19.6 Å². The molecule has 2 aliphatic carbocycles. The standard InChI is InChI=1S/C32H42O6Si/c1-20-16-23(18-25(17-20)37-4)28-19-26-29(33)21(2)27(13-10-22-8-11-24(36-3)12-9-22)32(28,30(26)34)31(35)38-14-15-39(5,6)7/h8-13,16-18,26,28-30,33-34H,14-15,19H2,1-7H3/b13-10+. The number of esters is 1. The van der Waals surface area contributed by atoms with Crippen LogP contribution in [0.1, 0.15) is 36.0 Å². The summed E-state index contributed by atoms with van der Waals surface area (Å²) in [5.41, 5.74) is 2.77. The highest BCUT2D eigenvalue weighted by Gasteiger charge is 2.66. The van der Waals surface area contributed by atoms with Crippen molar-refractivity contribution in [2.45, 2.75) is 64.1 Å². The highest BCUT2D eigenvalue weighted by Crippen LogP contribution is 2.62. The van der Waals surface area contributed by atoms with Crippen molar-refractivity contribution in [2.75, 3.05) is 20.8 Å². The van der Waals surface area contributed by atoms with Crippen LogP contribution >= 0.6 is 0 Å². The Morgan fingerprint density at radius 3 is 2.28 bits per heavy atom. The molecule has 0 spiro atoms. The number of rotatable bonds is 9. The van der Waals surface area contributed by atoms with E-state index in [0.717, 1.165) is 28.5 Å². The molecule has 0 saturated heterocycles. The molecule has 39 heavy (non-hydrogen) atoms. The second kappa shape index (κ2) is 11.3. The molecule has 2 N–H and O–H groups in total. The predicted octanol–water partition coefficient (Wildman–Crippen LogP) is 5.75. The lowest BCUT2D eigenvalue weighted by molar-refractivity contribution is -0.161. The molecule has 2 aliphatic rings. The van der Waals surface area contributed by atoms with E-state index in [0.29, 0.717) is 29.9 Å². The molecule has 0 heterocycles. The van der Waals surface area contributed by atoms with Gasteiger partial charge in [0.05, 0.1) is 33.0 Å². The highest BCUT2D eigenvalue weighted by molar-refractivity contribution is 6.76. The zero-order valence-corrected chi connectivity index (χ0v) is 25.2. The summed E-state index contributed by atoms with van der Waals surface area (Å²) in [7, 11) is 1.79. The van der Waals surface area contributed by atoms with Crippen molar-refractivity contribution < 1.29 is 29.2 Å². The van der Waals surface area contributed by atoms with Gasteiger partial charge in [0.1, 0.15) is 16.9 Å². The first-order valence-corrected chi connectivity index (χ1v) is 17.4. The number of carbonyl (C=O) groups excluding carboxylic acids is 1. The van der Waals surface area contributed by atoms with Crippen LogP contribution in [0, 0.1) is 18.3 Å². The molecule has 0 amide bonds. The topological polar surface area (TPSA) is 85.2 Å². The molecule has 0 aromatic heterocycles. The van der Waals surface area contributed by atoms with Crippen LogP contribution < -0.4 is 9.47 Å². The minimum atomic E-state index is -1.46. The third-order valence-corrected chi connectivity index (χ3v) is 10.0. The van der Waals surface area contributed by atoms with E-state index in [-0.39, 0.29) is 0 Å². The Morgan fingerprint density at radius 2 is 1.67 bits per heavy atom. The quantitative estimate of drug-likeness (QED) is 0.306. The molecule has 0 aliphatic heterocycles. The molecular formula is C32H42O6Si. The number of benzene rings is 2. The third kappa shape index (κ3) is 5.58. The number of carbonyl (C=O) groups is 1. The van der Waals surface area contributed by atoms with Gasteiger partial charge in [-0.2, -0.15) is 0 Å². The number of ether oxygens (including phenoxy) is 3. The number of aryl methyl sites for hydroxylation is 1. The molecule has 210 valence electrons. The van der Waals surface area contributed by atoms with Crippen LogP contribution in [0.3, 0.4) is 0 Å². The molecular weight excluding hydrogens is 508 g/mol. The lowest BCUT2D eigenvalue weighted by Crippen LogP contribution is -2.51. The maximum absolute atomic E-state index is 14.3. The molecule has 1 saturated carbocycles. The number of aliphatic hydroxyl groups is 2. The van der Waals surface area contributed by atoms with Crippen LogP contribution in [0.15, 0.2) is 59.7 Å². The summed E-state index contributed by atoms with van der Waals surface area (Å²) in [6.07, 6.45) is 2.29. The largest absolute Gasteiger partial charge is 0.497 e. The van der Waals surface area contributed by atoms with E-state index in [1.165, 1.54) is 0 Å². The predicted molar refractivity (Wildman–Crippen MR) is 157 cm³/mol. The summed E-state index contributed by atoms with van der Waals surface area (Å²) < 4.78 is 16.9. The summed E-state index contributed by atoms with van der Waals surface area (Å²) in [4.78, 5) is 14.3. The fourth-order valence-electron chi connectivity index (χ4n) is 6.19. The third-order valence-electron chi connectivity index (χ3n) is 8.34. The molecule has 5 unspecified atom stereocenters. The van der Waals surface area contributed by atoms with Crippen LogP contribution in [0.2, 0.25) is 25.7 Å². The van der Waals surface area contributed by atoms with E-state index < -0.39 is 43.5 Å². The number of fused-ring (bicyclic) bond motifs is 2. The van der Waals surface area contributed by atoms with Gasteiger partial charge >= 0.3 is 5.97 Å². The smallest absolute Gasteiger partial charge is 0.319 e. The van der Waals surface area contributed by atoms with Crippen molar-refractivity contribution in [1.82, 2.24) is 0 Å². The van der Waals surface area contributed by atoms with Gasteiger partial charge in [-0.25, -0.2) is 0 Å². The van der Waals surface area contributed by atoms with Crippen LogP contribution in [-0.2, 0) is 9.53 Å². The zero-order valence-electron chi connectivity index (χ0n) is 24.2. The van der Waals surface area contributed by atoms with E-state index in [4.69, 9.17) is 14.2 Å². The zero-order chi connectivity index (χ0) is 28.5. The van der Waals surface area contributed by atoms with E-state index in [9.17, 15) is 15.0 Å². The number of aliphatic hydroxyl groups excluding tert-OH is 2. The lowest BCUT2D eigenvalue weighted by Gasteiger charge is -2.43. The second-order valence-corrected chi connectivity index (χ2v) is 17.8. The second-order valence-electron chi connectivity index (χ2n) is 12.1. The van der Waals surface area contributed by atoms with E-state index in [1.807, 2.05) is 68.5 Å². The number of allylic oxidation sites excluding steroid dienone is 1. The van der Waals surface area contributed by atoms with E-state index in [1.54, 1.807) is 14.2 Å². The normalized spacial score (nSPS) is 26.7. The Kier molecular flexibility index (Phi) is 8.45. The Hall–Kier alpha value is -2.87. The van der Waals surface area contributed by atoms with Gasteiger partial charge in [0.2, 0.25) is 0 Å². The summed E-state index contributed by atoms with van der Waals surface area (Å²) in [6.45, 7) is 10.9. The molecule has 2 aromatic rings. The van der Waals surface area contributed by atoms with Crippen LogP contribution in [0.5, 0.6) is 11.5 Å². The van der Waals surface area contributed by atoms with Gasteiger partial charge in [0, 0.05) is 19.9 Å². The molecule has 7 heteroatoms. The summed E-state index contributed by atoms with van der Waals surface area (Å²) >= 11 is 0. The maximum atomic E-state index is 14.3. The monoisotopic (exact) mass is 550 g/mol. The summed E-state index contributed by atoms with van der Waals surface area (Å²) in [5.74, 6) is 0.139. The minimum absolute atomic E-state index is 0.314. The van der Waals surface area contributed by atoms with Crippen molar-refractivity contribution in [1.29, 1.82) is 0 Å². The first kappa shape index (κ1) is 29.1. The maximum Gasteiger partial charge on any atom is 0.319 e.